The molecule has 0 aliphatic carbocycles. The number of halogens is 2. The van der Waals surface area contributed by atoms with E-state index in [0.29, 0.717) is 0 Å². The quantitative estimate of drug-likeness (QED) is 0.799. The Bertz CT molecular complexity index is 527. The lowest BCUT2D eigenvalue weighted by molar-refractivity contribution is -0.141. The molecule has 0 saturated carbocycles. The number of rotatable bonds is 3. The van der Waals surface area contributed by atoms with Crippen LogP contribution >= 0.6 is 0 Å². The van der Waals surface area contributed by atoms with Gasteiger partial charge in [0.1, 0.15) is 17.7 Å². The van der Waals surface area contributed by atoms with Crippen LogP contribution < -0.4 is 10.6 Å². The third-order valence-electron chi connectivity index (χ3n) is 2.57. The fraction of sp³-hybridized carbons (Fsp3) is 0.385. The van der Waals surface area contributed by atoms with E-state index in [1.165, 1.54) is 0 Å². The first-order valence-corrected chi connectivity index (χ1v) is 5.86. The lowest BCUT2D eigenvalue weighted by Crippen LogP contribution is -2.50. The Balaban J connectivity index is 2.81. The van der Waals surface area contributed by atoms with Crippen molar-refractivity contribution in [2.45, 2.75) is 26.8 Å². The van der Waals surface area contributed by atoms with Crippen LogP contribution in [0.4, 0.5) is 19.3 Å². The lowest BCUT2D eigenvalue weighted by Gasteiger charge is -2.27. The number of benzene rings is 1. The zero-order valence-electron chi connectivity index (χ0n) is 11.3. The standard InChI is InChI=1S/C13H16F2N2O3/c1-13(2,3)10(11(18)19)17-12(20)16-9-6-7(14)4-5-8(9)15/h4-6,10H,1-3H3,(H,18,19)(H2,16,17,20)/t10-/m0/s1. The second-order valence-corrected chi connectivity index (χ2v) is 5.36. The van der Waals surface area contributed by atoms with Crippen LogP contribution in [0.1, 0.15) is 20.8 Å². The number of hydrogen-bond acceptors (Lipinski definition) is 2. The number of nitrogens with one attached hydrogen (secondary N) is 2. The highest BCUT2D eigenvalue weighted by Crippen LogP contribution is 2.20. The number of carboxylic acids is 1. The van der Waals surface area contributed by atoms with E-state index in [1.807, 2.05) is 0 Å². The molecule has 0 heterocycles. The lowest BCUT2D eigenvalue weighted by atomic mass is 9.87. The Morgan fingerprint density at radius 3 is 2.35 bits per heavy atom. The molecule has 0 radical (unpaired) electrons. The monoisotopic (exact) mass is 286 g/mol. The highest BCUT2D eigenvalue weighted by Gasteiger charge is 2.32. The maximum absolute atomic E-state index is 13.3. The first kappa shape index (κ1) is 15.9. The number of amides is 2. The topological polar surface area (TPSA) is 78.4 Å². The zero-order valence-corrected chi connectivity index (χ0v) is 11.3. The molecule has 1 atom stereocenters. The van der Waals surface area contributed by atoms with Crippen molar-refractivity contribution in [1.29, 1.82) is 0 Å². The average Bonchev–Trinajstić information content (AvgIpc) is 2.29. The molecule has 0 bridgehead atoms. The van der Waals surface area contributed by atoms with Gasteiger partial charge in [0.25, 0.3) is 0 Å². The molecule has 0 saturated heterocycles. The molecule has 110 valence electrons. The van der Waals surface area contributed by atoms with Gasteiger partial charge in [-0.25, -0.2) is 18.4 Å². The Morgan fingerprint density at radius 1 is 1.25 bits per heavy atom. The first-order valence-electron chi connectivity index (χ1n) is 5.86. The van der Waals surface area contributed by atoms with Crippen LogP contribution in [0.2, 0.25) is 0 Å². The van der Waals surface area contributed by atoms with Crippen LogP contribution in [0.5, 0.6) is 0 Å². The normalized spacial score (nSPS) is 12.7. The third-order valence-corrected chi connectivity index (χ3v) is 2.57. The molecule has 0 fully saturated rings. The summed E-state index contributed by atoms with van der Waals surface area (Å²) in [6.45, 7) is 4.90. The number of carbonyl (C=O) groups is 2. The molecule has 0 aromatic heterocycles. The van der Waals surface area contributed by atoms with E-state index < -0.39 is 35.1 Å². The maximum Gasteiger partial charge on any atom is 0.326 e. The van der Waals surface area contributed by atoms with E-state index in [4.69, 9.17) is 5.11 Å². The van der Waals surface area contributed by atoms with Gasteiger partial charge in [-0.2, -0.15) is 0 Å². The third kappa shape index (κ3) is 4.18. The van der Waals surface area contributed by atoms with Crippen LogP contribution in [0, 0.1) is 17.0 Å². The van der Waals surface area contributed by atoms with Gasteiger partial charge in [-0.05, 0) is 17.5 Å². The van der Waals surface area contributed by atoms with Crippen molar-refractivity contribution in [3.05, 3.63) is 29.8 Å². The van der Waals surface area contributed by atoms with Crippen LogP contribution in [-0.2, 0) is 4.79 Å². The number of hydrogen-bond donors (Lipinski definition) is 3. The number of carbonyl (C=O) groups excluding carboxylic acids is 1. The molecule has 1 aromatic carbocycles. The van der Waals surface area contributed by atoms with Crippen molar-refractivity contribution in [2.24, 2.45) is 5.41 Å². The Labute approximate surface area is 115 Å². The summed E-state index contributed by atoms with van der Waals surface area (Å²) >= 11 is 0. The van der Waals surface area contributed by atoms with E-state index in [2.05, 4.69) is 10.6 Å². The van der Waals surface area contributed by atoms with Gasteiger partial charge >= 0.3 is 12.0 Å². The number of aliphatic carboxylic acids is 1. The van der Waals surface area contributed by atoms with Crippen LogP contribution in [-0.4, -0.2) is 23.1 Å². The summed E-state index contributed by atoms with van der Waals surface area (Å²) in [6.07, 6.45) is 0. The highest BCUT2D eigenvalue weighted by molar-refractivity contribution is 5.92. The molecule has 1 aromatic rings. The number of urea groups is 1. The molecule has 7 heteroatoms. The molecule has 0 aliphatic rings. The molecule has 0 spiro atoms. The summed E-state index contributed by atoms with van der Waals surface area (Å²) in [6, 6.07) is 0.495. The average molecular weight is 286 g/mol. The first-order chi connectivity index (χ1) is 9.11. The van der Waals surface area contributed by atoms with Crippen molar-refractivity contribution < 1.29 is 23.5 Å². The summed E-state index contributed by atoms with van der Waals surface area (Å²) < 4.78 is 26.3. The van der Waals surface area contributed by atoms with Gasteiger partial charge < -0.3 is 15.7 Å². The fourth-order valence-electron chi connectivity index (χ4n) is 1.53. The maximum atomic E-state index is 13.3. The zero-order chi connectivity index (χ0) is 15.5. The van der Waals surface area contributed by atoms with Crippen molar-refractivity contribution in [3.8, 4) is 0 Å². The van der Waals surface area contributed by atoms with Crippen molar-refractivity contribution in [1.82, 2.24) is 5.32 Å². The minimum absolute atomic E-state index is 0.361. The van der Waals surface area contributed by atoms with Gasteiger partial charge in [-0.3, -0.25) is 0 Å². The van der Waals surface area contributed by atoms with Crippen molar-refractivity contribution >= 4 is 17.7 Å². The molecule has 1 rings (SSSR count). The summed E-state index contributed by atoms with van der Waals surface area (Å²) in [5.41, 5.74) is -1.09. The van der Waals surface area contributed by atoms with Crippen LogP contribution in [0.3, 0.4) is 0 Å². The summed E-state index contributed by atoms with van der Waals surface area (Å²) in [5, 5.41) is 13.3. The SMILES string of the molecule is CC(C)(C)[C@@H](NC(=O)Nc1cc(F)ccc1F)C(=O)O. The van der Waals surface area contributed by atoms with Crippen LogP contribution in [0.25, 0.3) is 0 Å². The molecule has 5 nitrogen and oxygen atoms in total. The molecule has 0 aliphatic heterocycles. The summed E-state index contributed by atoms with van der Waals surface area (Å²) in [7, 11) is 0. The molecule has 3 N–H and O–H groups in total. The van der Waals surface area contributed by atoms with E-state index >= 15 is 0 Å². The Kier molecular flexibility index (Phi) is 4.65. The van der Waals surface area contributed by atoms with Crippen molar-refractivity contribution in [2.75, 3.05) is 5.32 Å². The minimum atomic E-state index is -1.22. The summed E-state index contributed by atoms with van der Waals surface area (Å²) in [5.74, 6) is -2.75. The Morgan fingerprint density at radius 2 is 1.85 bits per heavy atom. The van der Waals surface area contributed by atoms with Gasteiger partial charge in [0.15, 0.2) is 0 Å². The van der Waals surface area contributed by atoms with Crippen LogP contribution in [0.15, 0.2) is 18.2 Å². The number of carboxylic acid groups (broad SMARTS) is 1. The Hall–Kier alpha value is -2.18. The van der Waals surface area contributed by atoms with Gasteiger partial charge in [-0.1, -0.05) is 20.8 Å². The largest absolute Gasteiger partial charge is 0.480 e. The van der Waals surface area contributed by atoms with Gasteiger partial charge in [-0.15, -0.1) is 0 Å². The second-order valence-electron chi connectivity index (χ2n) is 5.36. The van der Waals surface area contributed by atoms with E-state index in [0.717, 1.165) is 18.2 Å². The molecule has 2 amide bonds. The molecular formula is C13H16F2N2O3. The smallest absolute Gasteiger partial charge is 0.326 e. The van der Waals surface area contributed by atoms with E-state index in [-0.39, 0.29) is 5.69 Å². The van der Waals surface area contributed by atoms with Gasteiger partial charge in [0.05, 0.1) is 5.69 Å². The van der Waals surface area contributed by atoms with Gasteiger partial charge in [0.2, 0.25) is 0 Å². The predicted molar refractivity (Wildman–Crippen MR) is 69.4 cm³/mol. The summed E-state index contributed by atoms with van der Waals surface area (Å²) in [4.78, 5) is 22.7. The fourth-order valence-corrected chi connectivity index (χ4v) is 1.53. The van der Waals surface area contributed by atoms with E-state index in [9.17, 15) is 18.4 Å². The molecule has 20 heavy (non-hydrogen) atoms. The highest BCUT2D eigenvalue weighted by atomic mass is 19.1. The molecular weight excluding hydrogens is 270 g/mol. The van der Waals surface area contributed by atoms with Gasteiger partial charge in [0, 0.05) is 6.07 Å². The van der Waals surface area contributed by atoms with Crippen molar-refractivity contribution in [3.63, 3.8) is 0 Å². The predicted octanol–water partition coefficient (Wildman–Crippen LogP) is 2.59. The number of anilines is 1. The minimum Gasteiger partial charge on any atom is -0.480 e. The molecule has 0 unspecified atom stereocenters. The second kappa shape index (κ2) is 5.85. The van der Waals surface area contributed by atoms with E-state index in [1.54, 1.807) is 20.8 Å².